The van der Waals surface area contributed by atoms with Crippen LogP contribution in [0, 0.1) is 16.6 Å². The minimum absolute atomic E-state index is 0.0930. The second-order valence-electron chi connectivity index (χ2n) is 3.25. The first-order valence-electron chi connectivity index (χ1n) is 4.78. The van der Waals surface area contributed by atoms with Crippen molar-refractivity contribution >= 4 is 21.8 Å². The summed E-state index contributed by atoms with van der Waals surface area (Å²) in [7, 11) is 0. The number of benzene rings is 1. The van der Waals surface area contributed by atoms with Crippen LogP contribution in [-0.2, 0) is 11.2 Å². The summed E-state index contributed by atoms with van der Waals surface area (Å²) in [6, 6.07) is 4.44. The molecular weight excluding hydrogens is 273 g/mol. The predicted octanol–water partition coefficient (Wildman–Crippen LogP) is 2.21. The van der Waals surface area contributed by atoms with E-state index < -0.39 is 0 Å². The zero-order valence-electron chi connectivity index (χ0n) is 8.81. The second-order valence-corrected chi connectivity index (χ2v) is 3.65. The van der Waals surface area contributed by atoms with Gasteiger partial charge in [0.15, 0.2) is 0 Å². The van der Waals surface area contributed by atoms with E-state index in [1.165, 1.54) is 19.1 Å². The monoisotopic (exact) mass is 283 g/mol. The Labute approximate surface area is 102 Å². The first kappa shape index (κ1) is 12.7. The van der Waals surface area contributed by atoms with Gasteiger partial charge in [0.25, 0.3) is 0 Å². The van der Waals surface area contributed by atoms with Gasteiger partial charge in [0.05, 0.1) is 0 Å². The van der Waals surface area contributed by atoms with Crippen LogP contribution in [0.5, 0.6) is 0 Å². The molecule has 0 radical (unpaired) electrons. The molecular formula is C12H11BrFNO. The number of carbonyl (C=O) groups excluding carboxylic acids is 1. The predicted molar refractivity (Wildman–Crippen MR) is 64.6 cm³/mol. The van der Waals surface area contributed by atoms with Gasteiger partial charge in [0.1, 0.15) is 5.82 Å². The molecule has 0 fully saturated rings. The van der Waals surface area contributed by atoms with Crippen molar-refractivity contribution in [3.63, 3.8) is 0 Å². The van der Waals surface area contributed by atoms with Crippen molar-refractivity contribution in [2.45, 2.75) is 13.3 Å². The highest BCUT2D eigenvalue weighted by Gasteiger charge is 2.02. The van der Waals surface area contributed by atoms with E-state index >= 15 is 0 Å². The summed E-state index contributed by atoms with van der Waals surface area (Å²) in [4.78, 5) is 13.3. The number of nitrogens with one attached hydrogen (secondary N) is 1. The topological polar surface area (TPSA) is 29.1 Å². The molecule has 84 valence electrons. The van der Waals surface area contributed by atoms with Crippen LogP contribution in [0.15, 0.2) is 18.2 Å². The maximum Gasteiger partial charge on any atom is 0.216 e. The Balaban J connectivity index is 2.78. The minimum Gasteiger partial charge on any atom is -0.356 e. The van der Waals surface area contributed by atoms with Gasteiger partial charge in [-0.1, -0.05) is 5.92 Å². The van der Waals surface area contributed by atoms with E-state index in [9.17, 15) is 9.18 Å². The van der Waals surface area contributed by atoms with Gasteiger partial charge >= 0.3 is 0 Å². The van der Waals surface area contributed by atoms with E-state index in [0.29, 0.717) is 13.0 Å². The Hall–Kier alpha value is -1.34. The standard InChI is InChI=1S/C12H11BrFNO/c1-9(16)15-7-5-11-8-12(14)3-2-10(11)4-6-13/h2-3,8H,5,7H2,1H3,(H,15,16). The van der Waals surface area contributed by atoms with E-state index in [1.807, 2.05) is 0 Å². The van der Waals surface area contributed by atoms with Crippen LogP contribution >= 0.6 is 15.9 Å². The molecule has 0 spiro atoms. The molecule has 0 unspecified atom stereocenters. The Bertz CT molecular complexity index is 448. The van der Waals surface area contributed by atoms with Gasteiger partial charge in [0.2, 0.25) is 5.91 Å². The third-order valence-electron chi connectivity index (χ3n) is 2.02. The lowest BCUT2D eigenvalue weighted by atomic mass is 10.0. The van der Waals surface area contributed by atoms with Crippen LogP contribution in [0.2, 0.25) is 0 Å². The van der Waals surface area contributed by atoms with Gasteiger partial charge < -0.3 is 5.32 Å². The van der Waals surface area contributed by atoms with Gasteiger partial charge in [-0.2, -0.15) is 0 Å². The van der Waals surface area contributed by atoms with E-state index in [4.69, 9.17) is 0 Å². The van der Waals surface area contributed by atoms with Crippen molar-refractivity contribution in [2.24, 2.45) is 0 Å². The second kappa shape index (κ2) is 6.29. The highest BCUT2D eigenvalue weighted by molar-refractivity contribution is 9.12. The van der Waals surface area contributed by atoms with Gasteiger partial charge in [0, 0.05) is 35.0 Å². The van der Waals surface area contributed by atoms with Crippen LogP contribution in [0.4, 0.5) is 4.39 Å². The summed E-state index contributed by atoms with van der Waals surface area (Å²) in [6.45, 7) is 1.93. The Morgan fingerprint density at radius 3 is 2.94 bits per heavy atom. The average molecular weight is 284 g/mol. The molecule has 1 aromatic rings. The van der Waals surface area contributed by atoms with Gasteiger partial charge in [-0.25, -0.2) is 4.39 Å². The largest absolute Gasteiger partial charge is 0.356 e. The minimum atomic E-state index is -0.294. The van der Waals surface area contributed by atoms with Crippen molar-refractivity contribution in [1.29, 1.82) is 0 Å². The van der Waals surface area contributed by atoms with Crippen LogP contribution in [0.1, 0.15) is 18.1 Å². The molecule has 0 aliphatic heterocycles. The highest BCUT2D eigenvalue weighted by Crippen LogP contribution is 2.11. The number of hydrogen-bond donors (Lipinski definition) is 1. The molecule has 0 atom stereocenters. The molecule has 2 nitrogen and oxygen atoms in total. The maximum atomic E-state index is 13.0. The molecule has 0 aliphatic carbocycles. The normalized spacial score (nSPS) is 9.19. The molecule has 16 heavy (non-hydrogen) atoms. The lowest BCUT2D eigenvalue weighted by Crippen LogP contribution is -2.22. The molecule has 4 heteroatoms. The molecule has 0 bridgehead atoms. The van der Waals surface area contributed by atoms with Crippen LogP contribution in [0.3, 0.4) is 0 Å². The van der Waals surface area contributed by atoms with Crippen molar-refractivity contribution in [3.05, 3.63) is 35.1 Å². The third-order valence-corrected chi connectivity index (χ3v) is 2.22. The number of carbonyl (C=O) groups is 1. The molecule has 1 rings (SSSR count). The lowest BCUT2D eigenvalue weighted by molar-refractivity contribution is -0.118. The van der Waals surface area contributed by atoms with E-state index in [2.05, 4.69) is 32.0 Å². The van der Waals surface area contributed by atoms with E-state index in [-0.39, 0.29) is 11.7 Å². The summed E-state index contributed by atoms with van der Waals surface area (Å²) in [6.07, 6.45) is 0.564. The maximum absolute atomic E-state index is 13.0. The highest BCUT2D eigenvalue weighted by atomic mass is 79.9. The average Bonchev–Trinajstić information content (AvgIpc) is 2.21. The van der Waals surface area contributed by atoms with Crippen molar-refractivity contribution in [2.75, 3.05) is 6.54 Å². The molecule has 0 aliphatic rings. The number of amides is 1. The molecule has 1 N–H and O–H groups in total. The van der Waals surface area contributed by atoms with Crippen molar-refractivity contribution in [3.8, 4) is 10.8 Å². The van der Waals surface area contributed by atoms with Gasteiger partial charge in [-0.3, -0.25) is 4.79 Å². The first-order chi connectivity index (χ1) is 7.63. The molecule has 0 saturated heterocycles. The van der Waals surface area contributed by atoms with Crippen LogP contribution in [0.25, 0.3) is 0 Å². The number of halogens is 2. The Morgan fingerprint density at radius 2 is 2.31 bits per heavy atom. The van der Waals surface area contributed by atoms with Crippen LogP contribution < -0.4 is 5.32 Å². The lowest BCUT2D eigenvalue weighted by Gasteiger charge is -2.05. The van der Waals surface area contributed by atoms with Gasteiger partial charge in [-0.05, 0) is 35.0 Å². The zero-order chi connectivity index (χ0) is 12.0. The molecule has 0 saturated carbocycles. The fourth-order valence-electron chi connectivity index (χ4n) is 1.32. The third kappa shape index (κ3) is 4.03. The molecule has 1 aromatic carbocycles. The summed E-state index contributed by atoms with van der Waals surface area (Å²) in [5.74, 6) is 2.44. The quantitative estimate of drug-likeness (QED) is 0.847. The molecule has 1 amide bonds. The smallest absolute Gasteiger partial charge is 0.216 e. The summed E-state index contributed by atoms with van der Waals surface area (Å²) in [5.41, 5.74) is 1.56. The number of rotatable bonds is 3. The summed E-state index contributed by atoms with van der Waals surface area (Å²) < 4.78 is 13.0. The summed E-state index contributed by atoms with van der Waals surface area (Å²) in [5, 5.41) is 2.66. The van der Waals surface area contributed by atoms with E-state index in [1.54, 1.807) is 6.07 Å². The van der Waals surface area contributed by atoms with Crippen molar-refractivity contribution < 1.29 is 9.18 Å². The fourth-order valence-corrected chi connectivity index (χ4v) is 1.53. The Morgan fingerprint density at radius 1 is 1.56 bits per heavy atom. The first-order valence-corrected chi connectivity index (χ1v) is 5.57. The Kier molecular flexibility index (Phi) is 5.00. The van der Waals surface area contributed by atoms with E-state index in [0.717, 1.165) is 11.1 Å². The molecule has 0 aromatic heterocycles. The fraction of sp³-hybridized carbons (Fsp3) is 0.250. The van der Waals surface area contributed by atoms with Crippen LogP contribution in [-0.4, -0.2) is 12.5 Å². The summed E-state index contributed by atoms with van der Waals surface area (Å²) >= 11 is 3.01. The van der Waals surface area contributed by atoms with Crippen molar-refractivity contribution in [1.82, 2.24) is 5.32 Å². The zero-order valence-corrected chi connectivity index (χ0v) is 10.4. The SMILES string of the molecule is CC(=O)NCCc1cc(F)ccc1C#CBr. The van der Waals surface area contributed by atoms with Gasteiger partial charge in [-0.15, -0.1) is 0 Å². The molecule has 0 heterocycles. The number of hydrogen-bond acceptors (Lipinski definition) is 1.